The fourth-order valence-corrected chi connectivity index (χ4v) is 4.30. The Kier molecular flexibility index (Phi) is 8.29. The molecule has 0 saturated carbocycles. The van der Waals surface area contributed by atoms with Crippen molar-refractivity contribution in [2.75, 3.05) is 20.2 Å². The van der Waals surface area contributed by atoms with Gasteiger partial charge in [0.15, 0.2) is 11.6 Å². The number of pyridine rings is 1. The van der Waals surface area contributed by atoms with Crippen LogP contribution in [0.3, 0.4) is 0 Å². The molecule has 4 atom stereocenters. The zero-order valence-corrected chi connectivity index (χ0v) is 19.3. The highest BCUT2D eigenvalue weighted by Crippen LogP contribution is 2.27. The monoisotopic (exact) mass is 476 g/mol. The van der Waals surface area contributed by atoms with Gasteiger partial charge in [-0.25, -0.2) is 8.78 Å². The Morgan fingerprint density at radius 2 is 1.79 bits per heavy atom. The van der Waals surface area contributed by atoms with E-state index in [9.17, 15) is 28.6 Å². The molecule has 1 aromatic carbocycles. The number of rotatable bonds is 8. The van der Waals surface area contributed by atoms with Gasteiger partial charge in [-0.1, -0.05) is 38.1 Å². The fraction of sp³-hybridized carbons (Fsp3) is 0.458. The molecule has 34 heavy (non-hydrogen) atoms. The van der Waals surface area contributed by atoms with Crippen molar-refractivity contribution >= 4 is 11.8 Å². The van der Waals surface area contributed by atoms with Crippen molar-refractivity contribution in [1.29, 1.82) is 0 Å². The van der Waals surface area contributed by atoms with E-state index in [0.717, 1.165) is 12.4 Å². The van der Waals surface area contributed by atoms with Gasteiger partial charge in [0.05, 0.1) is 42.8 Å². The minimum Gasteiger partial charge on any atom is -0.394 e. The molecule has 3 rings (SSSR count). The van der Waals surface area contributed by atoms with Crippen LogP contribution in [0, 0.1) is 17.6 Å². The number of halogens is 2. The van der Waals surface area contributed by atoms with E-state index in [1.54, 1.807) is 19.2 Å². The Morgan fingerprint density at radius 1 is 1.18 bits per heavy atom. The second-order valence-electron chi connectivity index (χ2n) is 8.75. The highest BCUT2D eigenvalue weighted by molar-refractivity contribution is 5.91. The lowest BCUT2D eigenvalue weighted by Gasteiger charge is -2.30. The number of β-amino-alcohol motifs (C(OH)–C–C–N with tert-alkyl or cyclic N) is 1. The number of likely N-dealkylation sites (tertiary alicyclic amines) is 1. The third-order valence-electron chi connectivity index (χ3n) is 6.06. The summed E-state index contributed by atoms with van der Waals surface area (Å²) in [4.78, 5) is 30.9. The average molecular weight is 477 g/mol. The summed E-state index contributed by atoms with van der Waals surface area (Å²) in [6.45, 7) is 3.38. The normalized spacial score (nSPS) is 19.8. The number of aliphatic hydroxyl groups excluding tert-OH is 2. The van der Waals surface area contributed by atoms with Crippen LogP contribution >= 0.6 is 0 Å². The lowest BCUT2D eigenvalue weighted by atomic mass is 10.0. The van der Waals surface area contributed by atoms with Gasteiger partial charge in [-0.3, -0.25) is 14.6 Å². The number of aromatic nitrogens is 1. The average Bonchev–Trinajstić information content (AvgIpc) is 3.20. The third kappa shape index (κ3) is 5.40. The first-order valence-electron chi connectivity index (χ1n) is 11.1. The van der Waals surface area contributed by atoms with Gasteiger partial charge in [0, 0.05) is 13.0 Å². The van der Waals surface area contributed by atoms with Gasteiger partial charge >= 0.3 is 0 Å². The first-order chi connectivity index (χ1) is 16.2. The third-order valence-corrected chi connectivity index (χ3v) is 6.06. The van der Waals surface area contributed by atoms with Gasteiger partial charge in [0.25, 0.3) is 0 Å². The quantitative estimate of drug-likeness (QED) is 0.458. The van der Waals surface area contributed by atoms with Crippen molar-refractivity contribution in [3.05, 3.63) is 53.9 Å². The minimum atomic E-state index is -0.884. The molecule has 184 valence electrons. The molecule has 2 aromatic rings. The van der Waals surface area contributed by atoms with E-state index in [1.807, 2.05) is 13.8 Å². The van der Waals surface area contributed by atoms with Crippen molar-refractivity contribution in [2.24, 2.45) is 5.92 Å². The number of amides is 2. The molecule has 2 amide bonds. The Hall–Kier alpha value is -2.95. The molecule has 10 heteroatoms. The molecule has 0 bridgehead atoms. The van der Waals surface area contributed by atoms with Crippen LogP contribution in [-0.4, -0.2) is 70.3 Å². The number of carbonyl (C=O) groups excluding carboxylic acids is 2. The van der Waals surface area contributed by atoms with E-state index in [0.29, 0.717) is 5.56 Å². The van der Waals surface area contributed by atoms with Gasteiger partial charge < -0.3 is 25.7 Å². The first-order valence-corrected chi connectivity index (χ1v) is 11.1. The lowest BCUT2D eigenvalue weighted by Crippen LogP contribution is -2.54. The van der Waals surface area contributed by atoms with Gasteiger partial charge in [-0.15, -0.1) is 0 Å². The molecule has 4 N–H and O–H groups in total. The van der Waals surface area contributed by atoms with Gasteiger partial charge in [-0.2, -0.15) is 0 Å². The number of hydrogen-bond donors (Lipinski definition) is 4. The van der Waals surface area contributed by atoms with E-state index in [2.05, 4.69) is 15.6 Å². The summed E-state index contributed by atoms with van der Waals surface area (Å²) in [6, 6.07) is 3.88. The van der Waals surface area contributed by atoms with Crippen LogP contribution in [0.5, 0.6) is 0 Å². The van der Waals surface area contributed by atoms with Crippen LogP contribution in [0.4, 0.5) is 8.78 Å². The van der Waals surface area contributed by atoms with Crippen LogP contribution in [0.15, 0.2) is 36.7 Å². The summed E-state index contributed by atoms with van der Waals surface area (Å²) in [6.07, 6.45) is 1.10. The summed E-state index contributed by atoms with van der Waals surface area (Å²) in [5.74, 6) is -2.40. The summed E-state index contributed by atoms with van der Waals surface area (Å²) >= 11 is 0. The predicted molar refractivity (Wildman–Crippen MR) is 121 cm³/mol. The van der Waals surface area contributed by atoms with Gasteiger partial charge in [0.1, 0.15) is 6.04 Å². The highest BCUT2D eigenvalue weighted by Gasteiger charge is 2.41. The molecule has 0 spiro atoms. The maximum absolute atomic E-state index is 14.0. The van der Waals surface area contributed by atoms with Crippen molar-refractivity contribution < 1.29 is 28.6 Å². The summed E-state index contributed by atoms with van der Waals surface area (Å²) < 4.78 is 28.0. The second-order valence-corrected chi connectivity index (χ2v) is 8.75. The molecule has 0 aliphatic carbocycles. The van der Waals surface area contributed by atoms with Crippen molar-refractivity contribution in [1.82, 2.24) is 20.5 Å². The largest absolute Gasteiger partial charge is 0.394 e. The summed E-state index contributed by atoms with van der Waals surface area (Å²) in [7, 11) is 1.67. The van der Waals surface area contributed by atoms with Crippen LogP contribution in [-0.2, 0) is 9.59 Å². The zero-order valence-electron chi connectivity index (χ0n) is 19.3. The number of aliphatic hydroxyl groups is 2. The molecular formula is C24H30F2N4O4. The molecule has 0 unspecified atom stereocenters. The molecule has 8 nitrogen and oxygen atoms in total. The van der Waals surface area contributed by atoms with Crippen molar-refractivity contribution in [3.63, 3.8) is 0 Å². The molecule has 0 radical (unpaired) electrons. The van der Waals surface area contributed by atoms with E-state index < -0.39 is 48.4 Å². The topological polar surface area (TPSA) is 115 Å². The van der Waals surface area contributed by atoms with Crippen LogP contribution in [0.25, 0.3) is 11.1 Å². The number of nitrogens with one attached hydrogen (secondary N) is 2. The molecule has 2 heterocycles. The van der Waals surface area contributed by atoms with Crippen LogP contribution in [0.2, 0.25) is 0 Å². The molecular weight excluding hydrogens is 446 g/mol. The number of benzene rings is 1. The Morgan fingerprint density at radius 3 is 2.32 bits per heavy atom. The van der Waals surface area contributed by atoms with Crippen LogP contribution < -0.4 is 10.6 Å². The highest BCUT2D eigenvalue weighted by atomic mass is 19.1. The Labute approximate surface area is 197 Å². The molecule has 1 fully saturated rings. The first kappa shape index (κ1) is 25.7. The maximum atomic E-state index is 14.0. The minimum absolute atomic E-state index is 0.0160. The number of likely N-dealkylation sites (N-methyl/N-ethyl adjacent to an activating group) is 1. The maximum Gasteiger partial charge on any atom is 0.243 e. The molecule has 1 aromatic heterocycles. The number of hydrogen-bond acceptors (Lipinski definition) is 6. The predicted octanol–water partition coefficient (Wildman–Crippen LogP) is 1.38. The van der Waals surface area contributed by atoms with E-state index in [4.69, 9.17) is 0 Å². The van der Waals surface area contributed by atoms with Gasteiger partial charge in [-0.05, 0) is 24.1 Å². The van der Waals surface area contributed by atoms with Crippen molar-refractivity contribution in [3.8, 4) is 11.1 Å². The Bertz CT molecular complexity index is 998. The van der Waals surface area contributed by atoms with E-state index in [-0.39, 0.29) is 35.9 Å². The number of carbonyl (C=O) groups is 2. The molecule has 1 aliphatic heterocycles. The second kappa shape index (κ2) is 11.0. The zero-order chi connectivity index (χ0) is 25.0. The van der Waals surface area contributed by atoms with E-state index >= 15 is 0 Å². The number of nitrogens with zero attached hydrogens (tertiary/aromatic N) is 2. The SMILES string of the molecule is CN[C@H](C(=O)N1C[C@H](O)C[C@H]1C(=O)N[C@@H](CO)c1ccc(-c2c(F)cncc2F)cc1)C(C)C. The van der Waals surface area contributed by atoms with E-state index in [1.165, 1.54) is 17.0 Å². The summed E-state index contributed by atoms with van der Waals surface area (Å²) in [5, 5.41) is 25.7. The molecule has 1 aliphatic rings. The Balaban J connectivity index is 1.76. The molecule has 1 saturated heterocycles. The summed E-state index contributed by atoms with van der Waals surface area (Å²) in [5.41, 5.74) is 0.581. The van der Waals surface area contributed by atoms with Gasteiger partial charge in [0.2, 0.25) is 11.8 Å². The smallest absolute Gasteiger partial charge is 0.243 e. The van der Waals surface area contributed by atoms with Crippen LogP contribution in [0.1, 0.15) is 31.9 Å². The van der Waals surface area contributed by atoms with Crippen molar-refractivity contribution in [2.45, 2.75) is 44.5 Å². The fourth-order valence-electron chi connectivity index (χ4n) is 4.30. The standard InChI is InChI=1S/C24H30F2N4O4/c1-13(2)22(27-3)24(34)30-11-16(32)8-20(30)23(33)29-19(12-31)14-4-6-15(7-5-14)21-17(25)9-28-10-18(21)26/h4-7,9-10,13,16,19-20,22,27,31-32H,8,11-12H2,1-3H3,(H,29,33)/t16-,19+,20+,22+/m1/s1. The lowest BCUT2D eigenvalue weighted by molar-refractivity contribution is -0.141.